The average Bonchev–Trinajstić information content (AvgIpc) is 3.04. The number of nitrogens with zero attached hydrogens (tertiary/aromatic N) is 3. The molecule has 0 aliphatic carbocycles. The first-order valence-electron chi connectivity index (χ1n) is 15.2. The molecule has 0 radical (unpaired) electrons. The Morgan fingerprint density at radius 3 is 2.37 bits per heavy atom. The van der Waals surface area contributed by atoms with Crippen molar-refractivity contribution in [3.8, 4) is 0 Å². The lowest BCUT2D eigenvalue weighted by Crippen LogP contribution is -2.58. The van der Waals surface area contributed by atoms with E-state index in [4.69, 9.17) is 11.6 Å². The van der Waals surface area contributed by atoms with Crippen molar-refractivity contribution in [1.82, 2.24) is 15.5 Å². The van der Waals surface area contributed by atoms with Crippen molar-refractivity contribution < 1.29 is 14.4 Å². The molecule has 8 nitrogen and oxygen atoms in total. The molecule has 43 heavy (non-hydrogen) atoms. The van der Waals surface area contributed by atoms with Crippen LogP contribution in [0.1, 0.15) is 35.6 Å². The molecule has 2 N–H and O–H groups in total. The number of fused-ring (bicyclic) bond motifs is 2. The molecule has 0 aromatic heterocycles. The van der Waals surface area contributed by atoms with Gasteiger partial charge in [0.2, 0.25) is 17.7 Å². The number of amides is 3. The first kappa shape index (κ1) is 29.2. The van der Waals surface area contributed by atoms with Crippen LogP contribution in [0.15, 0.2) is 66.7 Å². The molecular formula is C34H38ClN5O3. The maximum Gasteiger partial charge on any atom is 0.245 e. The molecule has 0 bridgehead atoms. The molecule has 3 aromatic rings. The Bertz CT molecular complexity index is 1500. The van der Waals surface area contributed by atoms with Crippen molar-refractivity contribution >= 4 is 40.7 Å². The Kier molecular flexibility index (Phi) is 8.68. The van der Waals surface area contributed by atoms with Crippen LogP contribution in [0.2, 0.25) is 5.02 Å². The van der Waals surface area contributed by atoms with E-state index in [1.54, 1.807) is 6.92 Å². The van der Waals surface area contributed by atoms with Crippen LogP contribution < -0.4 is 20.4 Å². The van der Waals surface area contributed by atoms with Crippen LogP contribution in [-0.4, -0.2) is 67.4 Å². The summed E-state index contributed by atoms with van der Waals surface area (Å²) in [5.41, 5.74) is 6.55. The van der Waals surface area contributed by atoms with E-state index in [1.165, 1.54) is 11.1 Å². The fraction of sp³-hybridized carbons (Fsp3) is 0.382. The largest absolute Gasteiger partial charge is 0.366 e. The summed E-state index contributed by atoms with van der Waals surface area (Å²) in [5.74, 6) is -0.195. The van der Waals surface area contributed by atoms with Crippen LogP contribution in [0.25, 0.3) is 0 Å². The van der Waals surface area contributed by atoms with Gasteiger partial charge in [-0.1, -0.05) is 60.1 Å². The highest BCUT2D eigenvalue weighted by Crippen LogP contribution is 2.37. The lowest BCUT2D eigenvalue weighted by molar-refractivity contribution is -0.137. The number of rotatable bonds is 6. The van der Waals surface area contributed by atoms with Gasteiger partial charge in [0.05, 0.1) is 17.4 Å². The molecule has 0 saturated carbocycles. The molecule has 3 aliphatic heterocycles. The van der Waals surface area contributed by atoms with E-state index in [0.717, 1.165) is 41.9 Å². The quantitative estimate of drug-likeness (QED) is 0.451. The van der Waals surface area contributed by atoms with Gasteiger partial charge >= 0.3 is 0 Å². The van der Waals surface area contributed by atoms with Crippen molar-refractivity contribution in [1.29, 1.82) is 0 Å². The van der Waals surface area contributed by atoms with Crippen LogP contribution in [0.5, 0.6) is 0 Å². The van der Waals surface area contributed by atoms with Crippen LogP contribution >= 0.6 is 11.6 Å². The minimum Gasteiger partial charge on any atom is -0.366 e. The molecule has 3 aromatic carbocycles. The number of piperazine rings is 1. The van der Waals surface area contributed by atoms with Crippen molar-refractivity contribution in [2.75, 3.05) is 42.5 Å². The molecular weight excluding hydrogens is 562 g/mol. The summed E-state index contributed by atoms with van der Waals surface area (Å²) < 4.78 is 0. The van der Waals surface area contributed by atoms with E-state index >= 15 is 0 Å². The van der Waals surface area contributed by atoms with Gasteiger partial charge in [-0.15, -0.1) is 0 Å². The molecule has 0 unspecified atom stereocenters. The number of carbonyl (C=O) groups excluding carboxylic acids is 3. The van der Waals surface area contributed by atoms with E-state index in [-0.39, 0.29) is 17.7 Å². The van der Waals surface area contributed by atoms with Gasteiger partial charge in [-0.25, -0.2) is 0 Å². The molecule has 0 spiro atoms. The second-order valence-corrected chi connectivity index (χ2v) is 12.1. The zero-order valence-electron chi connectivity index (χ0n) is 24.5. The third-order valence-corrected chi connectivity index (χ3v) is 9.13. The van der Waals surface area contributed by atoms with Crippen LogP contribution in [0.4, 0.5) is 11.4 Å². The van der Waals surface area contributed by atoms with Gasteiger partial charge in [-0.2, -0.15) is 0 Å². The van der Waals surface area contributed by atoms with Crippen molar-refractivity contribution in [2.24, 2.45) is 0 Å². The van der Waals surface area contributed by atoms with E-state index in [1.807, 2.05) is 46.2 Å². The van der Waals surface area contributed by atoms with Crippen molar-refractivity contribution in [3.05, 3.63) is 94.0 Å². The zero-order chi connectivity index (χ0) is 29.9. The van der Waals surface area contributed by atoms with Gasteiger partial charge < -0.3 is 25.3 Å². The minimum absolute atomic E-state index is 0.0546. The minimum atomic E-state index is -0.697. The summed E-state index contributed by atoms with van der Waals surface area (Å²) in [4.78, 5) is 46.0. The highest BCUT2D eigenvalue weighted by molar-refractivity contribution is 6.30. The molecule has 6 rings (SSSR count). The lowest BCUT2D eigenvalue weighted by atomic mass is 9.95. The number of aryl methyl sites for hydroxylation is 1. The third kappa shape index (κ3) is 6.40. The molecule has 1 saturated heterocycles. The first-order chi connectivity index (χ1) is 20.9. The molecule has 3 aliphatic rings. The van der Waals surface area contributed by atoms with Crippen molar-refractivity contribution in [3.63, 3.8) is 0 Å². The van der Waals surface area contributed by atoms with E-state index < -0.39 is 12.1 Å². The number of benzene rings is 3. The second-order valence-electron chi connectivity index (χ2n) is 11.7. The summed E-state index contributed by atoms with van der Waals surface area (Å²) >= 11 is 6.11. The van der Waals surface area contributed by atoms with Crippen LogP contribution in [0, 0.1) is 0 Å². The van der Waals surface area contributed by atoms with Crippen molar-refractivity contribution in [2.45, 2.75) is 51.2 Å². The number of anilines is 2. The van der Waals surface area contributed by atoms with Gasteiger partial charge in [-0.05, 0) is 59.7 Å². The summed E-state index contributed by atoms with van der Waals surface area (Å²) in [7, 11) is 0. The molecule has 2 atom stereocenters. The normalized spacial score (nSPS) is 18.8. The monoisotopic (exact) mass is 599 g/mol. The fourth-order valence-electron chi connectivity index (χ4n) is 6.56. The Balaban J connectivity index is 1.16. The van der Waals surface area contributed by atoms with Gasteiger partial charge in [0.1, 0.15) is 6.04 Å². The van der Waals surface area contributed by atoms with Gasteiger partial charge in [0, 0.05) is 57.6 Å². The smallest absolute Gasteiger partial charge is 0.245 e. The number of hydrogen-bond acceptors (Lipinski definition) is 5. The Labute approximate surface area is 258 Å². The Morgan fingerprint density at radius 1 is 0.907 bits per heavy atom. The van der Waals surface area contributed by atoms with Crippen LogP contribution in [-0.2, 0) is 40.2 Å². The zero-order valence-corrected chi connectivity index (χ0v) is 25.3. The standard InChI is InChI=1S/C34H38ClN5O3/c1-23(41)40-15-5-9-25-8-4-10-31(32(25)40)38-16-18-39(19-17-38)34(43)30(20-24-11-13-28(35)14-12-24)37-33(42)29-21-26-6-2-3-7-27(26)22-36-29/h2-4,6-8,10-14,29-30,36H,5,9,15-22H2,1H3,(H,37,42)/t29-,30-/m1/s1. The van der Waals surface area contributed by atoms with E-state index in [9.17, 15) is 14.4 Å². The number of carbonyl (C=O) groups is 3. The van der Waals surface area contributed by atoms with E-state index in [0.29, 0.717) is 50.6 Å². The third-order valence-electron chi connectivity index (χ3n) is 8.87. The number of nitrogens with one attached hydrogen (secondary N) is 2. The summed E-state index contributed by atoms with van der Waals surface area (Å²) in [5, 5.41) is 7.07. The number of hydrogen-bond donors (Lipinski definition) is 2. The molecule has 1 fully saturated rings. The number of para-hydroxylation sites is 1. The number of halogens is 1. The first-order valence-corrected chi connectivity index (χ1v) is 15.5. The summed E-state index contributed by atoms with van der Waals surface area (Å²) in [6, 6.07) is 20.7. The summed E-state index contributed by atoms with van der Waals surface area (Å²) in [6.07, 6.45) is 2.88. The Morgan fingerprint density at radius 2 is 1.63 bits per heavy atom. The molecule has 224 valence electrons. The predicted molar refractivity (Wildman–Crippen MR) is 169 cm³/mol. The SMILES string of the molecule is CC(=O)N1CCCc2cccc(N3CCN(C(=O)[C@@H](Cc4ccc(Cl)cc4)NC(=O)[C@H]4Cc5ccccc5CN4)CC3)c21. The lowest BCUT2D eigenvalue weighted by Gasteiger charge is -2.40. The molecule has 3 amide bonds. The summed E-state index contributed by atoms with van der Waals surface area (Å²) in [6.45, 7) is 5.34. The predicted octanol–water partition coefficient (Wildman–Crippen LogP) is 3.73. The fourth-order valence-corrected chi connectivity index (χ4v) is 6.68. The highest BCUT2D eigenvalue weighted by atomic mass is 35.5. The van der Waals surface area contributed by atoms with E-state index in [2.05, 4.69) is 45.9 Å². The van der Waals surface area contributed by atoms with Gasteiger partial charge in [-0.3, -0.25) is 14.4 Å². The Hall–Kier alpha value is -3.88. The molecule has 9 heteroatoms. The average molecular weight is 600 g/mol. The maximum absolute atomic E-state index is 14.0. The van der Waals surface area contributed by atoms with Gasteiger partial charge in [0.15, 0.2) is 0 Å². The van der Waals surface area contributed by atoms with Gasteiger partial charge in [0.25, 0.3) is 0 Å². The van der Waals surface area contributed by atoms with Crippen LogP contribution in [0.3, 0.4) is 0 Å². The topological polar surface area (TPSA) is 85.0 Å². The molecule has 3 heterocycles. The second kappa shape index (κ2) is 12.8. The highest BCUT2D eigenvalue weighted by Gasteiger charge is 2.33. The maximum atomic E-state index is 14.0.